The molecule has 7 heteroatoms. The lowest BCUT2D eigenvalue weighted by Crippen LogP contribution is -2.40. The van der Waals surface area contributed by atoms with Crippen LogP contribution in [0.15, 0.2) is 63.5 Å². The first kappa shape index (κ1) is 19.8. The van der Waals surface area contributed by atoms with Gasteiger partial charge in [0, 0.05) is 5.69 Å². The van der Waals surface area contributed by atoms with Gasteiger partial charge in [-0.15, -0.1) is 11.3 Å². The highest BCUT2D eigenvalue weighted by Gasteiger charge is 2.18. The van der Waals surface area contributed by atoms with Gasteiger partial charge in [0.15, 0.2) is 0 Å². The maximum atomic E-state index is 13.3. The first-order chi connectivity index (χ1) is 14.3. The van der Waals surface area contributed by atoms with Crippen LogP contribution in [-0.2, 0) is 11.3 Å². The average Bonchev–Trinajstić information content (AvgIpc) is 3.20. The maximum Gasteiger partial charge on any atom is 0.336 e. The topological polar surface area (TPSA) is 73.1 Å². The summed E-state index contributed by atoms with van der Waals surface area (Å²) in [7, 11) is 0. The highest BCUT2D eigenvalue weighted by Crippen LogP contribution is 2.18. The Balaban J connectivity index is 1.79. The Labute approximate surface area is 177 Å². The third-order valence-corrected chi connectivity index (χ3v) is 6.03. The normalized spacial score (nSPS) is 11.0. The Morgan fingerprint density at radius 3 is 2.40 bits per heavy atom. The Kier molecular flexibility index (Phi) is 5.13. The molecular formula is C23H21N3O3S. The minimum Gasteiger partial charge on any atom is -0.325 e. The van der Waals surface area contributed by atoms with Crippen LogP contribution in [0.3, 0.4) is 0 Å². The fourth-order valence-electron chi connectivity index (χ4n) is 3.31. The largest absolute Gasteiger partial charge is 0.336 e. The van der Waals surface area contributed by atoms with Crippen LogP contribution in [-0.4, -0.2) is 15.0 Å². The molecule has 0 spiro atoms. The zero-order valence-corrected chi connectivity index (χ0v) is 17.7. The predicted molar refractivity (Wildman–Crippen MR) is 121 cm³/mol. The van der Waals surface area contributed by atoms with Crippen LogP contribution in [0.25, 0.3) is 15.9 Å². The van der Waals surface area contributed by atoms with Crippen LogP contribution in [0.1, 0.15) is 16.7 Å². The summed E-state index contributed by atoms with van der Waals surface area (Å²) in [6.45, 7) is 5.68. The van der Waals surface area contributed by atoms with Crippen LogP contribution in [0.4, 0.5) is 5.69 Å². The molecule has 0 aliphatic rings. The van der Waals surface area contributed by atoms with E-state index in [0.717, 1.165) is 21.3 Å². The highest BCUT2D eigenvalue weighted by atomic mass is 32.1. The van der Waals surface area contributed by atoms with Gasteiger partial charge in [-0.1, -0.05) is 23.8 Å². The van der Waals surface area contributed by atoms with Crippen LogP contribution in [0.5, 0.6) is 0 Å². The minimum absolute atomic E-state index is 0.189. The second kappa shape index (κ2) is 7.76. The number of aryl methyl sites for hydroxylation is 3. The van der Waals surface area contributed by atoms with Crippen LogP contribution < -0.4 is 16.6 Å². The van der Waals surface area contributed by atoms with Gasteiger partial charge in [0.1, 0.15) is 11.2 Å². The lowest BCUT2D eigenvalue weighted by atomic mass is 10.1. The number of fused-ring (bicyclic) bond motifs is 1. The molecule has 6 nitrogen and oxygen atoms in total. The number of anilines is 1. The van der Waals surface area contributed by atoms with Crippen LogP contribution in [0, 0.1) is 20.8 Å². The molecule has 4 aromatic rings. The molecule has 0 unspecified atom stereocenters. The zero-order chi connectivity index (χ0) is 21.4. The van der Waals surface area contributed by atoms with E-state index in [-0.39, 0.29) is 18.0 Å². The molecule has 2 aromatic carbocycles. The molecule has 1 N–H and O–H groups in total. The summed E-state index contributed by atoms with van der Waals surface area (Å²) in [5.41, 5.74) is 3.85. The first-order valence-corrected chi connectivity index (χ1v) is 10.4. The standard InChI is InChI=1S/C23H21N3O3S/c1-14-4-7-17(8-5-14)24-20(27)13-25-19-10-11-30-21(19)22(28)26(23(25)29)18-9-6-15(2)16(3)12-18/h4-12H,13H2,1-3H3,(H,24,27). The number of thiophene rings is 1. The minimum atomic E-state index is -0.534. The van der Waals surface area contributed by atoms with E-state index in [1.807, 2.05) is 57.2 Å². The molecule has 2 heterocycles. The van der Waals surface area contributed by atoms with Crippen molar-refractivity contribution in [3.05, 3.63) is 91.4 Å². The monoisotopic (exact) mass is 419 g/mol. The van der Waals surface area contributed by atoms with E-state index in [1.54, 1.807) is 17.5 Å². The predicted octanol–water partition coefficient (Wildman–Crippen LogP) is 3.78. The molecular weight excluding hydrogens is 398 g/mol. The number of carbonyl (C=O) groups is 1. The first-order valence-electron chi connectivity index (χ1n) is 9.52. The van der Waals surface area contributed by atoms with Crippen molar-refractivity contribution in [2.24, 2.45) is 0 Å². The molecule has 2 aromatic heterocycles. The van der Waals surface area contributed by atoms with Crippen molar-refractivity contribution >= 4 is 33.1 Å². The van der Waals surface area contributed by atoms with E-state index in [2.05, 4.69) is 5.32 Å². The van der Waals surface area contributed by atoms with Gasteiger partial charge in [0.2, 0.25) is 5.91 Å². The molecule has 0 radical (unpaired) electrons. The summed E-state index contributed by atoms with van der Waals surface area (Å²) in [5.74, 6) is -0.335. The van der Waals surface area contributed by atoms with Gasteiger partial charge in [0.05, 0.1) is 11.2 Å². The summed E-state index contributed by atoms with van der Waals surface area (Å²) in [6.07, 6.45) is 0. The summed E-state index contributed by atoms with van der Waals surface area (Å²) < 4.78 is 2.94. The molecule has 0 fully saturated rings. The summed E-state index contributed by atoms with van der Waals surface area (Å²) in [6, 6.07) is 14.6. The molecule has 152 valence electrons. The fraction of sp³-hybridized carbons (Fsp3) is 0.174. The second-order valence-electron chi connectivity index (χ2n) is 7.33. The summed E-state index contributed by atoms with van der Waals surface area (Å²) in [5, 5.41) is 4.56. The van der Waals surface area contributed by atoms with Gasteiger partial charge in [-0.3, -0.25) is 14.2 Å². The molecule has 0 aliphatic carbocycles. The van der Waals surface area contributed by atoms with Gasteiger partial charge in [0.25, 0.3) is 5.56 Å². The smallest absolute Gasteiger partial charge is 0.325 e. The number of aromatic nitrogens is 2. The number of carbonyl (C=O) groups excluding carboxylic acids is 1. The van der Waals surface area contributed by atoms with Crippen LogP contribution in [0.2, 0.25) is 0 Å². The van der Waals surface area contributed by atoms with Crippen molar-refractivity contribution in [3.8, 4) is 5.69 Å². The number of rotatable bonds is 4. The second-order valence-corrected chi connectivity index (χ2v) is 8.24. The maximum absolute atomic E-state index is 13.3. The lowest BCUT2D eigenvalue weighted by Gasteiger charge is -2.13. The Hall–Kier alpha value is -3.45. The van der Waals surface area contributed by atoms with Crippen LogP contribution >= 0.6 is 11.3 Å². The number of hydrogen-bond acceptors (Lipinski definition) is 4. The van der Waals surface area contributed by atoms with Gasteiger partial charge >= 0.3 is 5.69 Å². The summed E-state index contributed by atoms with van der Waals surface area (Å²) >= 11 is 1.26. The number of benzene rings is 2. The number of nitrogens with zero attached hydrogens (tertiary/aromatic N) is 2. The number of amides is 1. The highest BCUT2D eigenvalue weighted by molar-refractivity contribution is 7.17. The van der Waals surface area contributed by atoms with E-state index in [1.165, 1.54) is 15.9 Å². The zero-order valence-electron chi connectivity index (χ0n) is 16.9. The van der Waals surface area contributed by atoms with Crippen molar-refractivity contribution < 1.29 is 4.79 Å². The van der Waals surface area contributed by atoms with E-state index >= 15 is 0 Å². The molecule has 30 heavy (non-hydrogen) atoms. The quantitative estimate of drug-likeness (QED) is 0.547. The SMILES string of the molecule is Cc1ccc(NC(=O)Cn2c(=O)n(-c3ccc(C)c(C)c3)c(=O)c3sccc32)cc1. The van der Waals surface area contributed by atoms with Gasteiger partial charge in [-0.2, -0.15) is 0 Å². The third kappa shape index (κ3) is 3.59. The molecule has 0 atom stereocenters. The number of nitrogens with one attached hydrogen (secondary N) is 1. The van der Waals surface area contributed by atoms with E-state index in [4.69, 9.17) is 0 Å². The van der Waals surface area contributed by atoms with E-state index in [0.29, 0.717) is 21.6 Å². The molecule has 0 saturated carbocycles. The molecule has 1 amide bonds. The van der Waals surface area contributed by atoms with Crippen molar-refractivity contribution in [1.29, 1.82) is 0 Å². The molecule has 0 bridgehead atoms. The Bertz CT molecular complexity index is 1380. The average molecular weight is 420 g/mol. The Morgan fingerprint density at radius 1 is 0.967 bits per heavy atom. The van der Waals surface area contributed by atoms with Crippen molar-refractivity contribution in [1.82, 2.24) is 9.13 Å². The lowest BCUT2D eigenvalue weighted by molar-refractivity contribution is -0.116. The molecule has 0 saturated heterocycles. The van der Waals surface area contributed by atoms with Crippen molar-refractivity contribution in [3.63, 3.8) is 0 Å². The molecule has 4 rings (SSSR count). The fourth-order valence-corrected chi connectivity index (χ4v) is 4.14. The van der Waals surface area contributed by atoms with Gasteiger partial charge < -0.3 is 5.32 Å². The Morgan fingerprint density at radius 2 is 1.70 bits per heavy atom. The van der Waals surface area contributed by atoms with Gasteiger partial charge in [-0.05, 0) is 67.6 Å². The molecule has 0 aliphatic heterocycles. The van der Waals surface area contributed by atoms with Crippen molar-refractivity contribution in [2.75, 3.05) is 5.32 Å². The van der Waals surface area contributed by atoms with Gasteiger partial charge in [-0.25, -0.2) is 9.36 Å². The van der Waals surface area contributed by atoms with E-state index in [9.17, 15) is 14.4 Å². The number of hydrogen-bond donors (Lipinski definition) is 1. The third-order valence-electron chi connectivity index (χ3n) is 5.14. The van der Waals surface area contributed by atoms with Crippen molar-refractivity contribution in [2.45, 2.75) is 27.3 Å². The summed E-state index contributed by atoms with van der Waals surface area (Å²) in [4.78, 5) is 39.0. The van der Waals surface area contributed by atoms with E-state index < -0.39 is 5.69 Å².